The van der Waals surface area contributed by atoms with Gasteiger partial charge in [0.15, 0.2) is 0 Å². The lowest BCUT2D eigenvalue weighted by Gasteiger charge is -2.28. The third-order valence-corrected chi connectivity index (χ3v) is 23.5. The number of nitrogens with one attached hydrogen (secondary N) is 2. The molecule has 656 valence electrons. The minimum absolute atomic E-state index is 0.000208. The molecule has 0 aliphatic heterocycles. The van der Waals surface area contributed by atoms with Crippen molar-refractivity contribution in [3.63, 3.8) is 0 Å². The molecular formula is C99H178N2O12. The molecule has 0 saturated carbocycles. The van der Waals surface area contributed by atoms with Crippen LogP contribution in [0, 0.1) is 23.7 Å². The molecule has 1 rings (SSSR count). The van der Waals surface area contributed by atoms with Gasteiger partial charge in [-0.15, -0.1) is 0 Å². The summed E-state index contributed by atoms with van der Waals surface area (Å²) in [6, 6.07) is 10.3. The van der Waals surface area contributed by atoms with Crippen LogP contribution in [-0.2, 0) is 63.7 Å². The van der Waals surface area contributed by atoms with E-state index in [2.05, 4.69) is 57.0 Å². The molecule has 0 bridgehead atoms. The fourth-order valence-corrected chi connectivity index (χ4v) is 16.4. The Morgan fingerprint density at radius 2 is 0.504 bits per heavy atom. The highest BCUT2D eigenvalue weighted by Gasteiger charge is 2.23. The number of ether oxygens (including phenoxy) is 5. The monoisotopic (exact) mass is 1590 g/mol. The number of hydrogen-bond acceptors (Lipinski definition) is 12. The SMILES string of the molecule is C=CC(=O)OCCOC(=O)CCCCCOC(=O)CCCCCOC(=O)CCCCCCCCC(CCCCCCCC)C(CCCCCCCC)CCCCCCCCC(=O)NCCNC(=O)CCCCCCCCC(CCCCCCCC)C(CCCCCCCC)CCCCCCCCC(=O)OCCc1ccccc1. The third-order valence-electron chi connectivity index (χ3n) is 23.5. The van der Waals surface area contributed by atoms with Crippen LogP contribution in [0.15, 0.2) is 43.0 Å². The van der Waals surface area contributed by atoms with Crippen LogP contribution in [0.5, 0.6) is 0 Å². The molecule has 4 atom stereocenters. The Morgan fingerprint density at radius 1 is 0.274 bits per heavy atom. The first kappa shape index (κ1) is 106. The third kappa shape index (κ3) is 73.4. The first-order chi connectivity index (χ1) is 55.4. The van der Waals surface area contributed by atoms with Crippen LogP contribution in [0.2, 0.25) is 0 Å². The lowest BCUT2D eigenvalue weighted by molar-refractivity contribution is -0.149. The Morgan fingerprint density at radius 3 is 0.788 bits per heavy atom. The van der Waals surface area contributed by atoms with E-state index in [9.17, 15) is 33.6 Å². The van der Waals surface area contributed by atoms with Gasteiger partial charge in [0.05, 0.1) is 19.8 Å². The van der Waals surface area contributed by atoms with Crippen LogP contribution < -0.4 is 10.6 Å². The summed E-state index contributed by atoms with van der Waals surface area (Å²) in [7, 11) is 0. The van der Waals surface area contributed by atoms with E-state index in [1.807, 2.05) is 18.2 Å². The van der Waals surface area contributed by atoms with Gasteiger partial charge in [-0.2, -0.15) is 0 Å². The van der Waals surface area contributed by atoms with E-state index in [0.29, 0.717) is 84.3 Å². The van der Waals surface area contributed by atoms with E-state index < -0.39 is 5.97 Å². The van der Waals surface area contributed by atoms with Crippen molar-refractivity contribution in [1.29, 1.82) is 0 Å². The van der Waals surface area contributed by atoms with Crippen molar-refractivity contribution in [2.45, 2.75) is 471 Å². The molecule has 1 aromatic carbocycles. The van der Waals surface area contributed by atoms with Crippen molar-refractivity contribution < 1.29 is 57.2 Å². The van der Waals surface area contributed by atoms with Crippen LogP contribution in [0.1, 0.15) is 470 Å². The average molecular weight is 1590 g/mol. The Hall–Kier alpha value is -4.75. The molecule has 0 spiro atoms. The summed E-state index contributed by atoms with van der Waals surface area (Å²) < 4.78 is 26.2. The highest BCUT2D eigenvalue weighted by atomic mass is 16.6. The van der Waals surface area contributed by atoms with Gasteiger partial charge in [-0.3, -0.25) is 28.8 Å². The summed E-state index contributed by atoms with van der Waals surface area (Å²) in [5.41, 5.74) is 1.21. The predicted octanol–water partition coefficient (Wildman–Crippen LogP) is 27.4. The predicted molar refractivity (Wildman–Crippen MR) is 472 cm³/mol. The van der Waals surface area contributed by atoms with Gasteiger partial charge in [0.1, 0.15) is 13.2 Å². The lowest BCUT2D eigenvalue weighted by atomic mass is 9.78. The van der Waals surface area contributed by atoms with Gasteiger partial charge in [0, 0.05) is 64.1 Å². The largest absolute Gasteiger partial charge is 0.466 e. The van der Waals surface area contributed by atoms with E-state index >= 15 is 0 Å². The minimum atomic E-state index is -0.554. The van der Waals surface area contributed by atoms with Crippen LogP contribution in [-0.4, -0.2) is 87.8 Å². The number of benzene rings is 1. The number of unbranched alkanes of at least 4 members (excludes halogenated alkanes) is 44. The highest BCUT2D eigenvalue weighted by molar-refractivity contribution is 5.81. The molecule has 0 saturated heterocycles. The number of carbonyl (C=O) groups excluding carboxylic acids is 7. The molecule has 0 aromatic heterocycles. The number of amides is 2. The van der Waals surface area contributed by atoms with Crippen molar-refractivity contribution in [3.05, 3.63) is 48.6 Å². The quantitative estimate of drug-likeness (QED) is 0.0272. The molecule has 1 aromatic rings. The van der Waals surface area contributed by atoms with E-state index in [-0.39, 0.29) is 55.3 Å². The maximum absolute atomic E-state index is 12.8. The van der Waals surface area contributed by atoms with Crippen molar-refractivity contribution >= 4 is 41.7 Å². The van der Waals surface area contributed by atoms with Crippen LogP contribution in [0.25, 0.3) is 0 Å². The maximum atomic E-state index is 12.8. The van der Waals surface area contributed by atoms with E-state index in [1.165, 1.54) is 307 Å². The normalized spacial score (nSPS) is 12.4. The molecule has 14 heteroatoms. The second kappa shape index (κ2) is 83.7. The van der Waals surface area contributed by atoms with Gasteiger partial charge >= 0.3 is 29.8 Å². The summed E-state index contributed by atoms with van der Waals surface area (Å²) in [5, 5.41) is 6.14. The zero-order valence-electron chi connectivity index (χ0n) is 74.1. The average Bonchev–Trinajstić information content (AvgIpc) is 0.921. The van der Waals surface area contributed by atoms with Gasteiger partial charge in [-0.1, -0.05) is 398 Å². The molecular weight excluding hydrogens is 1410 g/mol. The Labute approximate surface area is 694 Å². The molecule has 0 aliphatic carbocycles. The molecule has 113 heavy (non-hydrogen) atoms. The minimum Gasteiger partial charge on any atom is -0.466 e. The number of esters is 5. The van der Waals surface area contributed by atoms with Gasteiger partial charge in [-0.25, -0.2) is 4.79 Å². The second-order valence-electron chi connectivity index (χ2n) is 33.7. The van der Waals surface area contributed by atoms with E-state index in [4.69, 9.17) is 23.7 Å². The molecule has 4 unspecified atom stereocenters. The molecule has 2 N–H and O–H groups in total. The summed E-state index contributed by atoms with van der Waals surface area (Å²) in [6.45, 7) is 14.7. The zero-order valence-corrected chi connectivity index (χ0v) is 74.1. The highest BCUT2D eigenvalue weighted by Crippen LogP contribution is 2.36. The number of hydrogen-bond donors (Lipinski definition) is 2. The zero-order chi connectivity index (χ0) is 81.9. The Balaban J connectivity index is 2.41. The topological polar surface area (TPSA) is 190 Å². The fourth-order valence-electron chi connectivity index (χ4n) is 16.4. The van der Waals surface area contributed by atoms with Crippen LogP contribution in [0.3, 0.4) is 0 Å². The molecule has 2 amide bonds. The summed E-state index contributed by atoms with van der Waals surface area (Å²) >= 11 is 0. The molecule has 0 fully saturated rings. The molecule has 0 heterocycles. The number of rotatable bonds is 88. The Kier molecular flexibility index (Phi) is 78.7. The van der Waals surface area contributed by atoms with Gasteiger partial charge in [-0.05, 0) is 93.4 Å². The molecule has 0 radical (unpaired) electrons. The lowest BCUT2D eigenvalue weighted by Crippen LogP contribution is -2.34. The smallest absolute Gasteiger partial charge is 0.330 e. The Bertz CT molecular complexity index is 2330. The van der Waals surface area contributed by atoms with E-state index in [0.717, 1.165) is 113 Å². The summed E-state index contributed by atoms with van der Waals surface area (Å²) in [4.78, 5) is 85.5. The number of carbonyl (C=O) groups is 7. The maximum Gasteiger partial charge on any atom is 0.330 e. The van der Waals surface area contributed by atoms with Crippen LogP contribution in [0.4, 0.5) is 0 Å². The van der Waals surface area contributed by atoms with Crippen molar-refractivity contribution in [1.82, 2.24) is 10.6 Å². The first-order valence-corrected chi connectivity index (χ1v) is 48.4. The summed E-state index contributed by atoms with van der Waals surface area (Å²) in [6.07, 6.45) is 80.9. The first-order valence-electron chi connectivity index (χ1n) is 48.4. The van der Waals surface area contributed by atoms with E-state index in [1.54, 1.807) is 0 Å². The van der Waals surface area contributed by atoms with Crippen molar-refractivity contribution in [2.75, 3.05) is 46.1 Å². The van der Waals surface area contributed by atoms with Crippen molar-refractivity contribution in [3.8, 4) is 0 Å². The molecule has 0 aliphatic rings. The fraction of sp³-hybridized carbons (Fsp3) is 0.848. The van der Waals surface area contributed by atoms with Crippen molar-refractivity contribution in [2.24, 2.45) is 23.7 Å². The summed E-state index contributed by atoms with van der Waals surface area (Å²) in [5.74, 6) is 2.25. The standard InChI is InChI=1S/C99H178N2O12/c1-6-11-15-19-31-48-66-89(91(68-50-33-21-17-13-8-3)72-54-37-25-29-41-58-76-96(105)109-83-62-44-60-78-97(106)110-84-63-45-61-79-99(108)113-87-86-112-95(104)10-5)70-52-35-23-27-39-56-74-93(102)100-81-82-101-94(103)75-57-40-28-24-36-53-71-90(67-49-32-20-16-12-7-2)92(69-51-34-22-18-14-9-4)73-55-38-26-30-42-59-77-98(107)111-85-80-88-64-46-43-47-65-88/h10,43,46-47,64-65,89-92H,5-9,11-42,44-45,48-63,66-87H2,1-4H3,(H,100,102)(H,101,103). The van der Waals surface area contributed by atoms with Gasteiger partial charge in [0.25, 0.3) is 0 Å². The second-order valence-corrected chi connectivity index (χ2v) is 33.7. The molecule has 14 nitrogen and oxygen atoms in total. The van der Waals surface area contributed by atoms with Gasteiger partial charge in [0.2, 0.25) is 11.8 Å². The van der Waals surface area contributed by atoms with Gasteiger partial charge < -0.3 is 34.3 Å². The van der Waals surface area contributed by atoms with Crippen LogP contribution >= 0.6 is 0 Å².